The molecule has 204 valence electrons. The fraction of sp³-hybridized carbons (Fsp3) is 0.118. The molecule has 0 unspecified atom stereocenters. The molecule has 0 aliphatic heterocycles. The van der Waals surface area contributed by atoms with Gasteiger partial charge in [0, 0.05) is 34.0 Å². The van der Waals surface area contributed by atoms with Crippen LogP contribution < -0.4 is 10.6 Å². The van der Waals surface area contributed by atoms with Gasteiger partial charge in [-0.3, -0.25) is 9.59 Å². The Balaban J connectivity index is 1.05. The molecule has 0 radical (unpaired) electrons. The van der Waals surface area contributed by atoms with Crippen molar-refractivity contribution in [3.63, 3.8) is 0 Å². The molecular formula is C34H28N2O4S. The van der Waals surface area contributed by atoms with Gasteiger partial charge in [0.25, 0.3) is 11.8 Å². The molecular weight excluding hydrogens is 532 g/mol. The third-order valence-corrected chi connectivity index (χ3v) is 8.05. The topological polar surface area (TPSA) is 84.5 Å². The lowest BCUT2D eigenvalue weighted by Crippen LogP contribution is -2.10. The minimum absolute atomic E-state index is 0.276. The number of rotatable bonds is 8. The molecule has 2 heterocycles. The second-order valence-corrected chi connectivity index (χ2v) is 10.9. The summed E-state index contributed by atoms with van der Waals surface area (Å²) in [5.74, 6) is 2.71. The molecule has 7 heteroatoms. The van der Waals surface area contributed by atoms with E-state index >= 15 is 0 Å². The zero-order valence-corrected chi connectivity index (χ0v) is 23.5. The van der Waals surface area contributed by atoms with Crippen molar-refractivity contribution < 1.29 is 18.4 Å². The van der Waals surface area contributed by atoms with Crippen molar-refractivity contribution in [2.45, 2.75) is 25.4 Å². The maximum atomic E-state index is 12.9. The van der Waals surface area contributed by atoms with Gasteiger partial charge in [-0.25, -0.2) is 0 Å². The van der Waals surface area contributed by atoms with Crippen molar-refractivity contribution in [1.82, 2.24) is 0 Å². The number of benzene rings is 4. The van der Waals surface area contributed by atoms with E-state index < -0.39 is 0 Å². The van der Waals surface area contributed by atoms with Gasteiger partial charge in [-0.2, -0.15) is 11.8 Å². The largest absolute Gasteiger partial charge is 0.456 e. The summed E-state index contributed by atoms with van der Waals surface area (Å²) in [7, 11) is 0. The summed E-state index contributed by atoms with van der Waals surface area (Å²) in [6.07, 6.45) is 0. The first kappa shape index (κ1) is 26.5. The van der Waals surface area contributed by atoms with Gasteiger partial charge in [0.1, 0.15) is 11.5 Å². The number of amides is 2. The Morgan fingerprint density at radius 1 is 0.585 bits per heavy atom. The van der Waals surface area contributed by atoms with E-state index in [0.29, 0.717) is 23.0 Å². The molecule has 6 rings (SSSR count). The highest BCUT2D eigenvalue weighted by Gasteiger charge is 2.17. The van der Waals surface area contributed by atoms with Gasteiger partial charge < -0.3 is 19.5 Å². The van der Waals surface area contributed by atoms with E-state index in [1.165, 1.54) is 0 Å². The van der Waals surface area contributed by atoms with Crippen LogP contribution in [-0.4, -0.2) is 11.8 Å². The summed E-state index contributed by atoms with van der Waals surface area (Å²) in [4.78, 5) is 25.7. The maximum Gasteiger partial charge on any atom is 0.291 e. The van der Waals surface area contributed by atoms with Gasteiger partial charge in [-0.1, -0.05) is 60.7 Å². The summed E-state index contributed by atoms with van der Waals surface area (Å²) in [5.41, 5.74) is 3.34. The summed E-state index contributed by atoms with van der Waals surface area (Å²) in [6.45, 7) is 3.72. The minimum atomic E-state index is -0.285. The first-order chi connectivity index (χ1) is 19.9. The highest BCUT2D eigenvalue weighted by Crippen LogP contribution is 2.27. The highest BCUT2D eigenvalue weighted by molar-refractivity contribution is 7.97. The quantitative estimate of drug-likeness (QED) is 0.194. The van der Waals surface area contributed by atoms with Gasteiger partial charge in [0.05, 0.1) is 0 Å². The molecule has 0 aliphatic carbocycles. The van der Waals surface area contributed by atoms with Crippen LogP contribution in [0.1, 0.15) is 43.8 Å². The molecule has 6 aromatic rings. The number of hydrogen-bond acceptors (Lipinski definition) is 5. The van der Waals surface area contributed by atoms with E-state index in [9.17, 15) is 9.59 Å². The first-order valence-electron chi connectivity index (χ1n) is 13.3. The SMILES string of the molecule is Cc1oc(C(=O)Nc2ccc3ccccc3c2)cc1CSCc1cc(C(=O)Nc2ccc3ccccc3c2)oc1C. The molecule has 0 bridgehead atoms. The second-order valence-electron chi connectivity index (χ2n) is 9.91. The summed E-state index contributed by atoms with van der Waals surface area (Å²) in [6, 6.07) is 31.2. The molecule has 2 N–H and O–H groups in total. The molecule has 0 saturated heterocycles. The number of carbonyl (C=O) groups excluding carboxylic acids is 2. The molecule has 41 heavy (non-hydrogen) atoms. The maximum absolute atomic E-state index is 12.9. The van der Waals surface area contributed by atoms with Gasteiger partial charge in [-0.15, -0.1) is 0 Å². The smallest absolute Gasteiger partial charge is 0.291 e. The number of furan rings is 2. The lowest BCUT2D eigenvalue weighted by molar-refractivity contribution is 0.0988. The van der Waals surface area contributed by atoms with Crippen LogP contribution in [0.2, 0.25) is 0 Å². The van der Waals surface area contributed by atoms with Crippen molar-refractivity contribution in [3.8, 4) is 0 Å². The van der Waals surface area contributed by atoms with Gasteiger partial charge in [0.2, 0.25) is 0 Å². The number of fused-ring (bicyclic) bond motifs is 2. The van der Waals surface area contributed by atoms with Crippen LogP contribution in [0.25, 0.3) is 21.5 Å². The lowest BCUT2D eigenvalue weighted by Gasteiger charge is -2.05. The fourth-order valence-electron chi connectivity index (χ4n) is 4.74. The average Bonchev–Trinajstić information content (AvgIpc) is 3.55. The Kier molecular flexibility index (Phi) is 7.35. The highest BCUT2D eigenvalue weighted by atomic mass is 32.2. The zero-order valence-electron chi connectivity index (χ0n) is 22.7. The van der Waals surface area contributed by atoms with Gasteiger partial charge in [-0.05, 0) is 71.8 Å². The Labute approximate surface area is 241 Å². The zero-order chi connectivity index (χ0) is 28.3. The Bertz CT molecular complexity index is 1760. The molecule has 6 nitrogen and oxygen atoms in total. The Morgan fingerprint density at radius 3 is 1.44 bits per heavy atom. The third-order valence-electron chi connectivity index (χ3n) is 7.02. The van der Waals surface area contributed by atoms with Crippen molar-refractivity contribution in [2.75, 3.05) is 10.6 Å². The predicted octanol–water partition coefficient (Wildman–Crippen LogP) is 8.73. The van der Waals surface area contributed by atoms with E-state index in [0.717, 1.165) is 44.0 Å². The van der Waals surface area contributed by atoms with E-state index in [-0.39, 0.29) is 23.3 Å². The second kappa shape index (κ2) is 11.4. The summed E-state index contributed by atoms with van der Waals surface area (Å²) >= 11 is 1.67. The van der Waals surface area contributed by atoms with E-state index in [4.69, 9.17) is 8.83 Å². The van der Waals surface area contributed by atoms with Gasteiger partial charge >= 0.3 is 0 Å². The molecule has 2 amide bonds. The molecule has 0 aliphatic rings. The monoisotopic (exact) mass is 560 g/mol. The number of carbonyl (C=O) groups is 2. The summed E-state index contributed by atoms with van der Waals surface area (Å²) in [5, 5.41) is 10.2. The van der Waals surface area contributed by atoms with Crippen LogP contribution in [0.15, 0.2) is 106 Å². The number of thioether (sulfide) groups is 1. The van der Waals surface area contributed by atoms with Crippen LogP contribution in [0.5, 0.6) is 0 Å². The first-order valence-corrected chi connectivity index (χ1v) is 14.4. The van der Waals surface area contributed by atoms with Crippen molar-refractivity contribution >= 4 is 56.5 Å². The molecule has 0 saturated carbocycles. The molecule has 2 aromatic heterocycles. The number of nitrogens with one attached hydrogen (secondary N) is 2. The van der Waals surface area contributed by atoms with Crippen molar-refractivity contribution in [1.29, 1.82) is 0 Å². The number of hydrogen-bond donors (Lipinski definition) is 2. The standard InChI is InChI=1S/C34H28N2O4S/c1-21-27(17-31(39-21)33(37)35-29-13-11-23-7-3-5-9-25(23)15-29)19-41-20-28-18-32(40-22(28)2)34(38)36-30-14-12-24-8-4-6-10-26(24)16-30/h3-18H,19-20H2,1-2H3,(H,35,37)(H,36,38). The number of anilines is 2. The van der Waals surface area contributed by atoms with Crippen LogP contribution in [0, 0.1) is 13.8 Å². The molecule has 0 atom stereocenters. The molecule has 4 aromatic carbocycles. The van der Waals surface area contributed by atoms with Crippen LogP contribution in [0.3, 0.4) is 0 Å². The van der Waals surface area contributed by atoms with E-state index in [1.807, 2.05) is 98.8 Å². The number of aryl methyl sites for hydroxylation is 2. The lowest BCUT2D eigenvalue weighted by atomic mass is 10.1. The summed E-state index contributed by atoms with van der Waals surface area (Å²) < 4.78 is 11.6. The minimum Gasteiger partial charge on any atom is -0.456 e. The Morgan fingerprint density at radius 2 is 1.00 bits per heavy atom. The van der Waals surface area contributed by atoms with E-state index in [1.54, 1.807) is 23.9 Å². The third kappa shape index (κ3) is 5.90. The predicted molar refractivity (Wildman–Crippen MR) is 166 cm³/mol. The van der Waals surface area contributed by atoms with E-state index in [2.05, 4.69) is 10.6 Å². The van der Waals surface area contributed by atoms with Crippen LogP contribution in [0.4, 0.5) is 11.4 Å². The van der Waals surface area contributed by atoms with Crippen LogP contribution >= 0.6 is 11.8 Å². The normalized spacial score (nSPS) is 11.2. The van der Waals surface area contributed by atoms with Crippen molar-refractivity contribution in [2.24, 2.45) is 0 Å². The Hall–Kier alpha value is -4.75. The van der Waals surface area contributed by atoms with Crippen LogP contribution in [-0.2, 0) is 11.5 Å². The molecule has 0 spiro atoms. The van der Waals surface area contributed by atoms with Crippen molar-refractivity contribution in [3.05, 3.63) is 131 Å². The average molecular weight is 561 g/mol. The van der Waals surface area contributed by atoms with Gasteiger partial charge in [0.15, 0.2) is 11.5 Å². The fourth-order valence-corrected chi connectivity index (χ4v) is 5.86. The molecule has 0 fully saturated rings.